The summed E-state index contributed by atoms with van der Waals surface area (Å²) >= 11 is 0. The predicted molar refractivity (Wildman–Crippen MR) is 91.3 cm³/mol. The SMILES string of the molecule is CCN(c1nccc(C(=O)Nc2cc(C)on2)n1)C1CCS(=O)(=O)C1. The fourth-order valence-corrected chi connectivity index (χ4v) is 4.53. The number of nitrogens with zero attached hydrogens (tertiary/aromatic N) is 4. The Morgan fingerprint density at radius 2 is 2.28 bits per heavy atom. The van der Waals surface area contributed by atoms with E-state index >= 15 is 0 Å². The quantitative estimate of drug-likeness (QED) is 0.835. The normalized spacial score (nSPS) is 18.9. The number of sulfone groups is 1. The van der Waals surface area contributed by atoms with Crippen LogP contribution < -0.4 is 10.2 Å². The smallest absolute Gasteiger partial charge is 0.275 e. The van der Waals surface area contributed by atoms with Gasteiger partial charge < -0.3 is 14.7 Å². The minimum atomic E-state index is -3.02. The number of hydrogen-bond acceptors (Lipinski definition) is 8. The van der Waals surface area contributed by atoms with Crippen LogP contribution in [-0.2, 0) is 9.84 Å². The topological polar surface area (TPSA) is 118 Å². The molecule has 0 bridgehead atoms. The van der Waals surface area contributed by atoms with Crippen LogP contribution in [0.1, 0.15) is 29.6 Å². The number of aryl methyl sites for hydroxylation is 1. The maximum absolute atomic E-state index is 12.3. The van der Waals surface area contributed by atoms with Gasteiger partial charge in [-0.2, -0.15) is 0 Å². The van der Waals surface area contributed by atoms with Crippen molar-refractivity contribution in [3.05, 3.63) is 29.8 Å². The van der Waals surface area contributed by atoms with Gasteiger partial charge in [-0.25, -0.2) is 18.4 Å². The van der Waals surface area contributed by atoms with Crippen molar-refractivity contribution in [3.8, 4) is 0 Å². The first kappa shape index (κ1) is 17.3. The van der Waals surface area contributed by atoms with E-state index in [4.69, 9.17) is 4.52 Å². The van der Waals surface area contributed by atoms with Crippen molar-refractivity contribution < 1.29 is 17.7 Å². The lowest BCUT2D eigenvalue weighted by Crippen LogP contribution is -2.37. The highest BCUT2D eigenvalue weighted by Crippen LogP contribution is 2.21. The van der Waals surface area contributed by atoms with E-state index in [0.29, 0.717) is 30.5 Å². The van der Waals surface area contributed by atoms with E-state index in [9.17, 15) is 13.2 Å². The van der Waals surface area contributed by atoms with Crippen LogP contribution in [-0.4, -0.2) is 53.5 Å². The fraction of sp³-hybridized carbons (Fsp3) is 0.467. The zero-order chi connectivity index (χ0) is 18.0. The van der Waals surface area contributed by atoms with Crippen molar-refractivity contribution in [1.29, 1.82) is 0 Å². The molecule has 0 spiro atoms. The van der Waals surface area contributed by atoms with E-state index in [-0.39, 0.29) is 23.2 Å². The fourth-order valence-electron chi connectivity index (χ4n) is 2.80. The lowest BCUT2D eigenvalue weighted by atomic mass is 10.2. The summed E-state index contributed by atoms with van der Waals surface area (Å²) in [6.45, 7) is 4.17. The minimum absolute atomic E-state index is 0.0822. The van der Waals surface area contributed by atoms with Gasteiger partial charge in [0.1, 0.15) is 11.5 Å². The van der Waals surface area contributed by atoms with Gasteiger partial charge >= 0.3 is 0 Å². The van der Waals surface area contributed by atoms with Crippen molar-refractivity contribution in [1.82, 2.24) is 15.1 Å². The lowest BCUT2D eigenvalue weighted by molar-refractivity contribution is 0.102. The summed E-state index contributed by atoms with van der Waals surface area (Å²) in [5.41, 5.74) is 0.171. The van der Waals surface area contributed by atoms with Gasteiger partial charge in [-0.3, -0.25) is 4.79 Å². The van der Waals surface area contributed by atoms with Crippen LogP contribution >= 0.6 is 0 Å². The Morgan fingerprint density at radius 1 is 1.48 bits per heavy atom. The molecule has 3 heterocycles. The highest BCUT2D eigenvalue weighted by molar-refractivity contribution is 7.91. The Morgan fingerprint density at radius 3 is 2.88 bits per heavy atom. The van der Waals surface area contributed by atoms with Gasteiger partial charge in [0, 0.05) is 24.8 Å². The van der Waals surface area contributed by atoms with Crippen molar-refractivity contribution in [2.45, 2.75) is 26.3 Å². The van der Waals surface area contributed by atoms with E-state index in [0.717, 1.165) is 0 Å². The molecule has 134 valence electrons. The molecular weight excluding hydrogens is 346 g/mol. The molecule has 9 nitrogen and oxygen atoms in total. The third kappa shape index (κ3) is 3.95. The van der Waals surface area contributed by atoms with Crippen LogP contribution in [0.2, 0.25) is 0 Å². The van der Waals surface area contributed by atoms with Crippen molar-refractivity contribution in [2.75, 3.05) is 28.3 Å². The van der Waals surface area contributed by atoms with Crippen molar-refractivity contribution >= 4 is 27.5 Å². The Hall–Kier alpha value is -2.49. The van der Waals surface area contributed by atoms with E-state index in [2.05, 4.69) is 20.4 Å². The molecule has 3 rings (SSSR count). The first-order valence-electron chi connectivity index (χ1n) is 7.93. The van der Waals surface area contributed by atoms with Crippen LogP contribution in [0, 0.1) is 6.92 Å². The molecule has 1 aliphatic heterocycles. The summed E-state index contributed by atoms with van der Waals surface area (Å²) in [5.74, 6) is 1.04. The Labute approximate surface area is 145 Å². The Kier molecular flexibility index (Phi) is 4.71. The summed E-state index contributed by atoms with van der Waals surface area (Å²) < 4.78 is 28.4. The van der Waals surface area contributed by atoms with Gasteiger partial charge in [-0.1, -0.05) is 5.16 Å². The van der Waals surface area contributed by atoms with E-state index in [1.165, 1.54) is 12.3 Å². The first-order chi connectivity index (χ1) is 11.9. The largest absolute Gasteiger partial charge is 0.360 e. The number of carbonyl (C=O) groups excluding carboxylic acids is 1. The highest BCUT2D eigenvalue weighted by atomic mass is 32.2. The van der Waals surface area contributed by atoms with Gasteiger partial charge in [0.05, 0.1) is 11.5 Å². The van der Waals surface area contributed by atoms with Crippen LogP contribution in [0.3, 0.4) is 0 Å². The highest BCUT2D eigenvalue weighted by Gasteiger charge is 2.33. The van der Waals surface area contributed by atoms with Crippen molar-refractivity contribution in [2.24, 2.45) is 0 Å². The van der Waals surface area contributed by atoms with Gasteiger partial charge in [0.2, 0.25) is 5.95 Å². The predicted octanol–water partition coefficient (Wildman–Crippen LogP) is 1.04. The summed E-state index contributed by atoms with van der Waals surface area (Å²) in [6.07, 6.45) is 2.02. The molecule has 10 heteroatoms. The molecule has 1 N–H and O–H groups in total. The van der Waals surface area contributed by atoms with Crippen LogP contribution in [0.4, 0.5) is 11.8 Å². The van der Waals surface area contributed by atoms with Gasteiger partial charge in [0.25, 0.3) is 5.91 Å². The lowest BCUT2D eigenvalue weighted by Gasteiger charge is -2.26. The molecule has 2 aromatic rings. The summed E-state index contributed by atoms with van der Waals surface area (Å²) in [7, 11) is -3.02. The second-order valence-electron chi connectivity index (χ2n) is 5.86. The van der Waals surface area contributed by atoms with E-state index < -0.39 is 15.7 Å². The Balaban J connectivity index is 1.79. The van der Waals surface area contributed by atoms with E-state index in [1.54, 1.807) is 13.0 Å². The van der Waals surface area contributed by atoms with Crippen LogP contribution in [0.15, 0.2) is 22.9 Å². The third-order valence-electron chi connectivity index (χ3n) is 3.99. The molecule has 0 saturated carbocycles. The molecule has 1 fully saturated rings. The molecule has 0 aliphatic carbocycles. The molecule has 1 saturated heterocycles. The standard InChI is InChI=1S/C15H19N5O4S/c1-3-20(11-5-7-25(22,23)9-11)15-16-6-4-12(17-15)14(21)18-13-8-10(2)24-19-13/h4,6,8,11H,3,5,7,9H2,1-2H3,(H,18,19,21). The third-order valence-corrected chi connectivity index (χ3v) is 5.74. The molecule has 25 heavy (non-hydrogen) atoms. The molecular formula is C15H19N5O4S. The number of aromatic nitrogens is 3. The summed E-state index contributed by atoms with van der Waals surface area (Å²) in [4.78, 5) is 22.6. The molecule has 1 aliphatic rings. The van der Waals surface area contributed by atoms with Gasteiger partial charge in [-0.05, 0) is 26.3 Å². The van der Waals surface area contributed by atoms with E-state index in [1.807, 2.05) is 11.8 Å². The number of hydrogen-bond donors (Lipinski definition) is 1. The number of amides is 1. The molecule has 1 amide bonds. The minimum Gasteiger partial charge on any atom is -0.360 e. The second-order valence-corrected chi connectivity index (χ2v) is 8.09. The number of rotatable bonds is 5. The molecule has 0 radical (unpaired) electrons. The average molecular weight is 365 g/mol. The first-order valence-corrected chi connectivity index (χ1v) is 9.75. The number of anilines is 2. The number of carbonyl (C=O) groups is 1. The number of nitrogens with one attached hydrogen (secondary N) is 1. The van der Waals surface area contributed by atoms with Crippen molar-refractivity contribution in [3.63, 3.8) is 0 Å². The van der Waals surface area contributed by atoms with Crippen LogP contribution in [0.5, 0.6) is 0 Å². The molecule has 2 aromatic heterocycles. The average Bonchev–Trinajstić information content (AvgIpc) is 3.14. The van der Waals surface area contributed by atoms with Crippen LogP contribution in [0.25, 0.3) is 0 Å². The Bertz CT molecular complexity index is 880. The zero-order valence-electron chi connectivity index (χ0n) is 14.0. The maximum Gasteiger partial charge on any atom is 0.275 e. The summed E-state index contributed by atoms with van der Waals surface area (Å²) in [5, 5.41) is 6.30. The summed E-state index contributed by atoms with van der Waals surface area (Å²) in [6, 6.07) is 2.92. The zero-order valence-corrected chi connectivity index (χ0v) is 14.8. The monoisotopic (exact) mass is 365 g/mol. The molecule has 0 aromatic carbocycles. The van der Waals surface area contributed by atoms with Gasteiger partial charge in [0.15, 0.2) is 15.7 Å². The molecule has 1 unspecified atom stereocenters. The maximum atomic E-state index is 12.3. The second kappa shape index (κ2) is 6.79. The van der Waals surface area contributed by atoms with Gasteiger partial charge in [-0.15, -0.1) is 0 Å². The molecule has 1 atom stereocenters.